The van der Waals surface area contributed by atoms with E-state index in [-0.39, 0.29) is 15.8 Å². The lowest BCUT2D eigenvalue weighted by Crippen LogP contribution is -1.87. The van der Waals surface area contributed by atoms with Gasteiger partial charge in [-0.2, -0.15) is 0 Å². The Balaban J connectivity index is 2.79. The second-order valence-corrected chi connectivity index (χ2v) is 4.12. The lowest BCUT2D eigenvalue weighted by molar-refractivity contribution is 0.148. The molecule has 74 valence electrons. The Morgan fingerprint density at radius 3 is 2.64 bits per heavy atom. The first-order valence-corrected chi connectivity index (χ1v) is 5.10. The van der Waals surface area contributed by atoms with Gasteiger partial charge in [0.25, 0.3) is 6.43 Å². The minimum atomic E-state index is -2.62. The van der Waals surface area contributed by atoms with E-state index in [4.69, 9.17) is 0 Å². The SMILES string of the molecule is Fc1csc2ccc(C(F)F)c(S)c12. The first-order valence-electron chi connectivity index (χ1n) is 3.78. The Hall–Kier alpha value is -0.680. The third-order valence-electron chi connectivity index (χ3n) is 1.93. The Morgan fingerprint density at radius 2 is 2.00 bits per heavy atom. The summed E-state index contributed by atoms with van der Waals surface area (Å²) in [5.74, 6) is -0.488. The molecule has 0 aliphatic heterocycles. The molecular weight excluding hydrogens is 229 g/mol. The maximum Gasteiger partial charge on any atom is 0.264 e. The molecule has 2 aromatic rings. The van der Waals surface area contributed by atoms with Crippen molar-refractivity contribution in [3.63, 3.8) is 0 Å². The highest BCUT2D eigenvalue weighted by Crippen LogP contribution is 2.36. The standard InChI is InChI=1S/C9H5F3S2/c10-5-3-14-6-2-1-4(9(11)12)8(13)7(5)6/h1-3,9,13H. The van der Waals surface area contributed by atoms with Gasteiger partial charge in [-0.1, -0.05) is 6.07 Å². The maximum absolute atomic E-state index is 13.2. The van der Waals surface area contributed by atoms with Gasteiger partial charge in [-0.15, -0.1) is 24.0 Å². The number of alkyl halides is 2. The van der Waals surface area contributed by atoms with Crippen molar-refractivity contribution in [1.82, 2.24) is 0 Å². The van der Waals surface area contributed by atoms with Crippen molar-refractivity contribution in [2.45, 2.75) is 11.3 Å². The van der Waals surface area contributed by atoms with Gasteiger partial charge in [0.1, 0.15) is 5.82 Å². The summed E-state index contributed by atoms with van der Waals surface area (Å²) in [5, 5.41) is 1.48. The Bertz CT molecular complexity index is 476. The highest BCUT2D eigenvalue weighted by molar-refractivity contribution is 7.80. The number of rotatable bonds is 1. The van der Waals surface area contributed by atoms with Crippen molar-refractivity contribution in [3.05, 3.63) is 28.9 Å². The smallest absolute Gasteiger partial charge is 0.205 e. The zero-order valence-corrected chi connectivity index (χ0v) is 8.51. The molecule has 14 heavy (non-hydrogen) atoms. The topological polar surface area (TPSA) is 0 Å². The van der Waals surface area contributed by atoms with E-state index < -0.39 is 12.2 Å². The van der Waals surface area contributed by atoms with Gasteiger partial charge in [0.2, 0.25) is 0 Å². The molecule has 0 fully saturated rings. The van der Waals surface area contributed by atoms with Crippen LogP contribution in [0.2, 0.25) is 0 Å². The fraction of sp³-hybridized carbons (Fsp3) is 0.111. The minimum Gasteiger partial charge on any atom is -0.205 e. The van der Waals surface area contributed by atoms with Crippen molar-refractivity contribution in [2.24, 2.45) is 0 Å². The zero-order chi connectivity index (χ0) is 10.3. The third kappa shape index (κ3) is 1.40. The van der Waals surface area contributed by atoms with E-state index in [0.29, 0.717) is 4.70 Å². The molecule has 0 N–H and O–H groups in total. The number of fused-ring (bicyclic) bond motifs is 1. The fourth-order valence-electron chi connectivity index (χ4n) is 1.27. The molecule has 0 radical (unpaired) electrons. The van der Waals surface area contributed by atoms with Crippen LogP contribution in [0.5, 0.6) is 0 Å². The van der Waals surface area contributed by atoms with E-state index >= 15 is 0 Å². The van der Waals surface area contributed by atoms with Crippen LogP contribution in [0.3, 0.4) is 0 Å². The predicted octanol–water partition coefficient (Wildman–Crippen LogP) is 4.27. The summed E-state index contributed by atoms with van der Waals surface area (Å²) >= 11 is 5.11. The summed E-state index contributed by atoms with van der Waals surface area (Å²) in [4.78, 5) is 0.0382. The van der Waals surface area contributed by atoms with Gasteiger partial charge >= 0.3 is 0 Å². The highest BCUT2D eigenvalue weighted by atomic mass is 32.1. The van der Waals surface area contributed by atoms with Crippen LogP contribution in [0, 0.1) is 5.82 Å². The molecule has 2 rings (SSSR count). The lowest BCUT2D eigenvalue weighted by Gasteiger charge is -2.04. The van der Waals surface area contributed by atoms with E-state index in [1.807, 2.05) is 0 Å². The van der Waals surface area contributed by atoms with Gasteiger partial charge in [0, 0.05) is 25.9 Å². The van der Waals surface area contributed by atoms with Crippen LogP contribution in [-0.2, 0) is 0 Å². The van der Waals surface area contributed by atoms with Crippen LogP contribution in [-0.4, -0.2) is 0 Å². The van der Waals surface area contributed by atoms with E-state index in [0.717, 1.165) is 0 Å². The molecule has 0 amide bonds. The van der Waals surface area contributed by atoms with E-state index in [9.17, 15) is 13.2 Å². The van der Waals surface area contributed by atoms with Gasteiger partial charge in [0.05, 0.1) is 0 Å². The van der Waals surface area contributed by atoms with Crippen LogP contribution in [0.25, 0.3) is 10.1 Å². The van der Waals surface area contributed by atoms with Crippen LogP contribution in [0.15, 0.2) is 22.4 Å². The molecule has 0 spiro atoms. The van der Waals surface area contributed by atoms with Gasteiger partial charge < -0.3 is 0 Å². The average molecular weight is 234 g/mol. The third-order valence-corrected chi connectivity index (χ3v) is 3.33. The molecule has 1 aromatic heterocycles. The summed E-state index contributed by atoms with van der Waals surface area (Å²) in [6.45, 7) is 0. The highest BCUT2D eigenvalue weighted by Gasteiger charge is 2.16. The minimum absolute atomic E-state index is 0.0382. The molecule has 1 aromatic carbocycles. The maximum atomic E-state index is 13.2. The molecule has 0 aliphatic rings. The average Bonchev–Trinajstić information content (AvgIpc) is 2.48. The second-order valence-electron chi connectivity index (χ2n) is 2.76. The molecule has 5 heteroatoms. The van der Waals surface area contributed by atoms with Crippen molar-refractivity contribution < 1.29 is 13.2 Å². The predicted molar refractivity (Wildman–Crippen MR) is 54.0 cm³/mol. The van der Waals surface area contributed by atoms with Crippen LogP contribution in [0.4, 0.5) is 13.2 Å². The largest absolute Gasteiger partial charge is 0.264 e. The molecule has 0 bridgehead atoms. The fourth-order valence-corrected chi connectivity index (χ4v) is 2.56. The molecule has 0 saturated heterocycles. The van der Waals surface area contributed by atoms with Gasteiger partial charge in [-0.3, -0.25) is 0 Å². The molecule has 0 unspecified atom stereocenters. The Kier molecular flexibility index (Phi) is 2.45. The normalized spacial score (nSPS) is 11.5. The van der Waals surface area contributed by atoms with Crippen molar-refractivity contribution in [2.75, 3.05) is 0 Å². The van der Waals surface area contributed by atoms with Gasteiger partial charge in [-0.05, 0) is 6.07 Å². The molecule has 0 saturated carbocycles. The van der Waals surface area contributed by atoms with Crippen LogP contribution in [0.1, 0.15) is 12.0 Å². The molecular formula is C9H5F3S2. The van der Waals surface area contributed by atoms with Crippen LogP contribution < -0.4 is 0 Å². The van der Waals surface area contributed by atoms with Crippen LogP contribution >= 0.6 is 24.0 Å². The summed E-state index contributed by atoms with van der Waals surface area (Å²) in [5.41, 5.74) is -0.224. The van der Waals surface area contributed by atoms with Crippen molar-refractivity contribution in [3.8, 4) is 0 Å². The zero-order valence-electron chi connectivity index (χ0n) is 6.80. The first-order chi connectivity index (χ1) is 6.61. The van der Waals surface area contributed by atoms with E-state index in [1.54, 1.807) is 0 Å². The number of hydrogen-bond acceptors (Lipinski definition) is 2. The Labute approximate surface area is 87.8 Å². The molecule has 0 atom stereocenters. The van der Waals surface area contributed by atoms with E-state index in [2.05, 4.69) is 12.6 Å². The Morgan fingerprint density at radius 1 is 1.29 bits per heavy atom. The molecule has 1 heterocycles. The quantitative estimate of drug-likeness (QED) is 0.700. The summed E-state index contributed by atoms with van der Waals surface area (Å²) < 4.78 is 38.7. The summed E-state index contributed by atoms with van der Waals surface area (Å²) in [6.07, 6.45) is -2.62. The monoisotopic (exact) mass is 234 g/mol. The number of hydrogen-bond donors (Lipinski definition) is 1. The molecule has 0 nitrogen and oxygen atoms in total. The molecule has 0 aliphatic carbocycles. The van der Waals surface area contributed by atoms with Gasteiger partial charge in [0.15, 0.2) is 0 Å². The van der Waals surface area contributed by atoms with Gasteiger partial charge in [-0.25, -0.2) is 13.2 Å². The number of thiol groups is 1. The lowest BCUT2D eigenvalue weighted by atomic mass is 10.1. The number of benzene rings is 1. The first kappa shape index (κ1) is 9.86. The van der Waals surface area contributed by atoms with Crippen molar-refractivity contribution in [1.29, 1.82) is 0 Å². The second kappa shape index (κ2) is 3.47. The van der Waals surface area contributed by atoms with E-state index in [1.165, 1.54) is 28.8 Å². The summed E-state index contributed by atoms with van der Waals surface area (Å²) in [6, 6.07) is 2.77. The summed E-state index contributed by atoms with van der Waals surface area (Å²) in [7, 11) is 0. The number of thiophene rings is 1. The van der Waals surface area contributed by atoms with Crippen molar-refractivity contribution >= 4 is 34.1 Å². The number of halogens is 3.